The van der Waals surface area contributed by atoms with E-state index in [1.165, 1.54) is 6.20 Å². The van der Waals surface area contributed by atoms with Crippen LogP contribution in [0.1, 0.15) is 11.3 Å². The second kappa shape index (κ2) is 4.03. The summed E-state index contributed by atoms with van der Waals surface area (Å²) < 4.78 is 7.14. The molecule has 2 rings (SSSR count). The highest BCUT2D eigenvalue weighted by Crippen LogP contribution is 2.19. The van der Waals surface area contributed by atoms with Crippen molar-refractivity contribution in [2.75, 3.05) is 0 Å². The molecule has 16 heavy (non-hydrogen) atoms. The van der Waals surface area contributed by atoms with Gasteiger partial charge in [0.25, 0.3) is 0 Å². The molecule has 0 spiro atoms. The fourth-order valence-corrected chi connectivity index (χ4v) is 1.30. The van der Waals surface area contributed by atoms with Crippen molar-refractivity contribution in [3.8, 4) is 17.8 Å². The predicted octanol–water partition coefficient (Wildman–Crippen LogP) is 1.79. The average Bonchev–Trinajstić information content (AvgIpc) is 2.59. The van der Waals surface area contributed by atoms with E-state index in [1.807, 2.05) is 19.1 Å². The predicted molar refractivity (Wildman–Crippen MR) is 57.0 cm³/mol. The van der Waals surface area contributed by atoms with Crippen LogP contribution in [0.2, 0.25) is 0 Å². The summed E-state index contributed by atoms with van der Waals surface area (Å²) in [5.74, 6) is 1.07. The Balaban J connectivity index is 2.21. The Kier molecular flexibility index (Phi) is 2.56. The number of aromatic nitrogens is 3. The molecule has 0 aliphatic heterocycles. The molecule has 5 heteroatoms. The van der Waals surface area contributed by atoms with Gasteiger partial charge in [0.1, 0.15) is 6.07 Å². The topological polar surface area (TPSA) is 63.7 Å². The van der Waals surface area contributed by atoms with E-state index in [0.717, 1.165) is 5.69 Å². The monoisotopic (exact) mass is 214 g/mol. The van der Waals surface area contributed by atoms with E-state index in [-0.39, 0.29) is 0 Å². The van der Waals surface area contributed by atoms with Gasteiger partial charge in [-0.25, -0.2) is 9.67 Å². The molecular formula is C11H10N4O. The molecule has 0 saturated heterocycles. The summed E-state index contributed by atoms with van der Waals surface area (Å²) in [5, 5.41) is 12.8. The molecule has 0 aliphatic rings. The number of hydrogen-bond acceptors (Lipinski definition) is 4. The van der Waals surface area contributed by atoms with E-state index >= 15 is 0 Å². The summed E-state index contributed by atoms with van der Waals surface area (Å²) in [6, 6.07) is 7.13. The number of nitrogens with zero attached hydrogens (tertiary/aromatic N) is 4. The van der Waals surface area contributed by atoms with Crippen molar-refractivity contribution in [1.82, 2.24) is 14.8 Å². The van der Waals surface area contributed by atoms with Crippen molar-refractivity contribution in [1.29, 1.82) is 5.26 Å². The van der Waals surface area contributed by atoms with Gasteiger partial charge >= 0.3 is 0 Å². The molecule has 5 nitrogen and oxygen atoms in total. The van der Waals surface area contributed by atoms with Gasteiger partial charge in [-0.05, 0) is 13.0 Å². The molecular weight excluding hydrogens is 204 g/mol. The second-order valence-electron chi connectivity index (χ2n) is 3.35. The molecule has 0 amide bonds. The SMILES string of the molecule is Cc1cc(Oc2ccc(C#N)cn2)n(C)n1. The van der Waals surface area contributed by atoms with Gasteiger partial charge < -0.3 is 4.74 Å². The van der Waals surface area contributed by atoms with Crippen LogP contribution in [0.3, 0.4) is 0 Å². The lowest BCUT2D eigenvalue weighted by molar-refractivity contribution is 0.415. The summed E-state index contributed by atoms with van der Waals surface area (Å²) in [6.07, 6.45) is 1.47. The van der Waals surface area contributed by atoms with Gasteiger partial charge in [0.15, 0.2) is 0 Å². The number of nitriles is 1. The average molecular weight is 214 g/mol. The molecule has 0 N–H and O–H groups in total. The second-order valence-corrected chi connectivity index (χ2v) is 3.35. The molecule has 0 bridgehead atoms. The van der Waals surface area contributed by atoms with Gasteiger partial charge in [0.05, 0.1) is 11.3 Å². The highest BCUT2D eigenvalue weighted by Gasteiger charge is 2.05. The normalized spacial score (nSPS) is 9.81. The zero-order valence-electron chi connectivity index (χ0n) is 9.01. The molecule has 0 aliphatic carbocycles. The first-order chi connectivity index (χ1) is 7.69. The first-order valence-corrected chi connectivity index (χ1v) is 4.73. The van der Waals surface area contributed by atoms with Gasteiger partial charge in [-0.2, -0.15) is 10.4 Å². The third-order valence-corrected chi connectivity index (χ3v) is 2.03. The van der Waals surface area contributed by atoms with Gasteiger partial charge in [0.2, 0.25) is 11.8 Å². The zero-order chi connectivity index (χ0) is 11.5. The van der Waals surface area contributed by atoms with Crippen LogP contribution in [-0.2, 0) is 7.05 Å². The van der Waals surface area contributed by atoms with E-state index in [9.17, 15) is 0 Å². The minimum Gasteiger partial charge on any atom is -0.421 e. The third kappa shape index (κ3) is 2.01. The van der Waals surface area contributed by atoms with E-state index in [1.54, 1.807) is 23.9 Å². The largest absolute Gasteiger partial charge is 0.421 e. The maximum atomic E-state index is 8.62. The fourth-order valence-electron chi connectivity index (χ4n) is 1.30. The lowest BCUT2D eigenvalue weighted by atomic mass is 10.3. The Labute approximate surface area is 92.9 Å². The Hall–Kier alpha value is -2.35. The molecule has 2 aromatic rings. The van der Waals surface area contributed by atoms with Crippen LogP contribution in [0, 0.1) is 18.3 Å². The number of rotatable bonds is 2. The van der Waals surface area contributed by atoms with Gasteiger partial charge in [-0.1, -0.05) is 0 Å². The van der Waals surface area contributed by atoms with E-state index in [2.05, 4.69) is 10.1 Å². The highest BCUT2D eigenvalue weighted by atomic mass is 16.5. The number of ether oxygens (including phenoxy) is 1. The first-order valence-electron chi connectivity index (χ1n) is 4.73. The van der Waals surface area contributed by atoms with E-state index in [4.69, 9.17) is 10.00 Å². The highest BCUT2D eigenvalue weighted by molar-refractivity contribution is 5.30. The molecule has 0 atom stereocenters. The lowest BCUT2D eigenvalue weighted by Crippen LogP contribution is -1.96. The van der Waals surface area contributed by atoms with Crippen molar-refractivity contribution in [3.63, 3.8) is 0 Å². The van der Waals surface area contributed by atoms with Crippen LogP contribution in [0.25, 0.3) is 0 Å². The quantitative estimate of drug-likeness (QED) is 0.764. The maximum Gasteiger partial charge on any atom is 0.221 e. The van der Waals surface area contributed by atoms with Gasteiger partial charge in [0, 0.05) is 25.4 Å². The number of pyridine rings is 1. The van der Waals surface area contributed by atoms with Crippen molar-refractivity contribution >= 4 is 0 Å². The summed E-state index contributed by atoms with van der Waals surface area (Å²) in [4.78, 5) is 4.01. The van der Waals surface area contributed by atoms with Crippen molar-refractivity contribution in [3.05, 3.63) is 35.7 Å². The maximum absolute atomic E-state index is 8.62. The van der Waals surface area contributed by atoms with Crippen molar-refractivity contribution in [2.45, 2.75) is 6.92 Å². The van der Waals surface area contributed by atoms with Crippen LogP contribution >= 0.6 is 0 Å². The summed E-state index contributed by atoms with van der Waals surface area (Å²) >= 11 is 0. The number of aryl methyl sites for hydroxylation is 2. The molecule has 80 valence electrons. The number of hydrogen-bond donors (Lipinski definition) is 0. The Morgan fingerprint density at radius 1 is 1.44 bits per heavy atom. The molecule has 0 radical (unpaired) electrons. The minimum absolute atomic E-state index is 0.446. The van der Waals surface area contributed by atoms with Crippen LogP contribution in [0.15, 0.2) is 24.4 Å². The van der Waals surface area contributed by atoms with E-state index < -0.39 is 0 Å². The summed E-state index contributed by atoms with van der Waals surface area (Å²) in [5.41, 5.74) is 1.39. The Morgan fingerprint density at radius 3 is 2.75 bits per heavy atom. The summed E-state index contributed by atoms with van der Waals surface area (Å²) in [7, 11) is 1.80. The van der Waals surface area contributed by atoms with E-state index in [0.29, 0.717) is 17.3 Å². The first kappa shape index (κ1) is 10.2. The molecule has 0 fully saturated rings. The molecule has 0 unspecified atom stereocenters. The van der Waals surface area contributed by atoms with Crippen LogP contribution in [-0.4, -0.2) is 14.8 Å². The Bertz CT molecular complexity index is 536. The summed E-state index contributed by atoms with van der Waals surface area (Å²) in [6.45, 7) is 1.89. The standard InChI is InChI=1S/C11H10N4O/c1-8-5-11(15(2)14-8)16-10-4-3-9(6-12)7-13-10/h3-5,7H,1-2H3. The fraction of sp³-hybridized carbons (Fsp3) is 0.182. The zero-order valence-corrected chi connectivity index (χ0v) is 9.01. The lowest BCUT2D eigenvalue weighted by Gasteiger charge is -2.03. The molecule has 2 aromatic heterocycles. The molecule has 0 aromatic carbocycles. The smallest absolute Gasteiger partial charge is 0.221 e. The van der Waals surface area contributed by atoms with Gasteiger partial charge in [-0.3, -0.25) is 0 Å². The van der Waals surface area contributed by atoms with Gasteiger partial charge in [-0.15, -0.1) is 0 Å². The Morgan fingerprint density at radius 2 is 2.25 bits per heavy atom. The van der Waals surface area contributed by atoms with Crippen LogP contribution < -0.4 is 4.74 Å². The molecule has 0 saturated carbocycles. The van der Waals surface area contributed by atoms with Crippen LogP contribution in [0.5, 0.6) is 11.8 Å². The van der Waals surface area contributed by atoms with Crippen molar-refractivity contribution in [2.24, 2.45) is 7.05 Å². The van der Waals surface area contributed by atoms with Crippen LogP contribution in [0.4, 0.5) is 0 Å². The van der Waals surface area contributed by atoms with Crippen molar-refractivity contribution < 1.29 is 4.74 Å². The third-order valence-electron chi connectivity index (χ3n) is 2.03. The minimum atomic E-state index is 0.446. The molecule has 2 heterocycles.